The van der Waals surface area contributed by atoms with Gasteiger partial charge >= 0.3 is 0 Å². The monoisotopic (exact) mass is 288 g/mol. The van der Waals surface area contributed by atoms with Crippen LogP contribution < -0.4 is 0 Å². The third-order valence-electron chi connectivity index (χ3n) is 3.67. The first-order valence-corrected chi connectivity index (χ1v) is 7.48. The summed E-state index contributed by atoms with van der Waals surface area (Å²) in [7, 11) is 0. The van der Waals surface area contributed by atoms with E-state index in [4.69, 9.17) is 0 Å². The van der Waals surface area contributed by atoms with E-state index in [0.717, 1.165) is 18.4 Å². The molecule has 0 aliphatic rings. The molecule has 1 unspecified atom stereocenters. The summed E-state index contributed by atoms with van der Waals surface area (Å²) in [5.41, 5.74) is 2.37. The van der Waals surface area contributed by atoms with E-state index in [-0.39, 0.29) is 23.7 Å². The number of Topliss-reactive ketones (excluding diaryl/α,β-unsaturated/α-hetero) is 2. The lowest BCUT2D eigenvalue weighted by atomic mass is 9.88. The van der Waals surface area contributed by atoms with Gasteiger partial charge in [-0.3, -0.25) is 9.59 Å². The van der Waals surface area contributed by atoms with Gasteiger partial charge in [-0.25, -0.2) is 0 Å². The standard InChI is InChI=1S/C18H24O3/c1-5-7-14-8-10-15(11-9-14)12(3)17(13(4)19)18(21)16(20)6-2/h8-12,21H,5-7H2,1-4H3/b18-17-. The summed E-state index contributed by atoms with van der Waals surface area (Å²) in [6, 6.07) is 7.99. The van der Waals surface area contributed by atoms with E-state index in [1.165, 1.54) is 12.5 Å². The largest absolute Gasteiger partial charge is 0.504 e. The number of hydrogen-bond acceptors (Lipinski definition) is 3. The zero-order valence-corrected chi connectivity index (χ0v) is 13.3. The first-order chi connectivity index (χ1) is 9.92. The molecule has 1 atom stereocenters. The molecule has 114 valence electrons. The number of carbonyl (C=O) groups is 2. The maximum atomic E-state index is 11.8. The second-order valence-corrected chi connectivity index (χ2v) is 5.31. The van der Waals surface area contributed by atoms with Gasteiger partial charge in [0.1, 0.15) is 0 Å². The van der Waals surface area contributed by atoms with E-state index in [1.54, 1.807) is 6.92 Å². The van der Waals surface area contributed by atoms with E-state index in [9.17, 15) is 14.7 Å². The van der Waals surface area contributed by atoms with Gasteiger partial charge in [0.05, 0.1) is 0 Å². The molecule has 21 heavy (non-hydrogen) atoms. The van der Waals surface area contributed by atoms with Gasteiger partial charge in [-0.1, -0.05) is 51.5 Å². The molecule has 0 aliphatic heterocycles. The fraction of sp³-hybridized carbons (Fsp3) is 0.444. The molecule has 0 saturated carbocycles. The van der Waals surface area contributed by atoms with Crippen LogP contribution in [0.4, 0.5) is 0 Å². The van der Waals surface area contributed by atoms with Crippen LogP contribution in [0.3, 0.4) is 0 Å². The second kappa shape index (κ2) is 7.77. The lowest BCUT2D eigenvalue weighted by molar-refractivity contribution is -0.119. The maximum absolute atomic E-state index is 11.8. The predicted molar refractivity (Wildman–Crippen MR) is 84.5 cm³/mol. The molecule has 0 bridgehead atoms. The van der Waals surface area contributed by atoms with Crippen molar-refractivity contribution in [3.05, 3.63) is 46.7 Å². The molecule has 0 spiro atoms. The summed E-state index contributed by atoms with van der Waals surface area (Å²) in [6.45, 7) is 7.02. The molecule has 0 amide bonds. The summed E-state index contributed by atoms with van der Waals surface area (Å²) >= 11 is 0. The Morgan fingerprint density at radius 1 is 1.14 bits per heavy atom. The Balaban J connectivity index is 3.15. The number of carbonyl (C=O) groups excluding carboxylic acids is 2. The molecule has 0 aliphatic carbocycles. The first kappa shape index (κ1) is 17.2. The quantitative estimate of drug-likeness (QED) is 0.606. The van der Waals surface area contributed by atoms with Crippen molar-refractivity contribution in [1.29, 1.82) is 0 Å². The average molecular weight is 288 g/mol. The molecule has 0 fully saturated rings. The highest BCUT2D eigenvalue weighted by atomic mass is 16.3. The van der Waals surface area contributed by atoms with Crippen molar-refractivity contribution in [3.63, 3.8) is 0 Å². The zero-order chi connectivity index (χ0) is 16.0. The Bertz CT molecular complexity index is 538. The fourth-order valence-corrected chi connectivity index (χ4v) is 2.42. The van der Waals surface area contributed by atoms with E-state index < -0.39 is 11.5 Å². The van der Waals surface area contributed by atoms with Crippen molar-refractivity contribution in [1.82, 2.24) is 0 Å². The molecule has 0 heterocycles. The summed E-state index contributed by atoms with van der Waals surface area (Å²) in [6.07, 6.45) is 2.29. The number of benzene rings is 1. The Labute approximate surface area is 126 Å². The zero-order valence-electron chi connectivity index (χ0n) is 13.3. The molecule has 0 saturated heterocycles. The van der Waals surface area contributed by atoms with Gasteiger partial charge in [-0.05, 0) is 24.5 Å². The van der Waals surface area contributed by atoms with E-state index >= 15 is 0 Å². The first-order valence-electron chi connectivity index (χ1n) is 7.48. The van der Waals surface area contributed by atoms with Gasteiger partial charge in [0.25, 0.3) is 0 Å². The van der Waals surface area contributed by atoms with Crippen LogP contribution >= 0.6 is 0 Å². The van der Waals surface area contributed by atoms with Crippen LogP contribution in [0.25, 0.3) is 0 Å². The van der Waals surface area contributed by atoms with Crippen LogP contribution in [0.1, 0.15) is 57.6 Å². The number of allylic oxidation sites excluding steroid dienone is 2. The van der Waals surface area contributed by atoms with Crippen molar-refractivity contribution < 1.29 is 14.7 Å². The van der Waals surface area contributed by atoms with Crippen molar-refractivity contribution >= 4 is 11.6 Å². The van der Waals surface area contributed by atoms with Crippen LogP contribution in [0.15, 0.2) is 35.6 Å². The van der Waals surface area contributed by atoms with E-state index in [1.807, 2.05) is 31.2 Å². The smallest absolute Gasteiger partial charge is 0.197 e. The highest BCUT2D eigenvalue weighted by molar-refractivity contribution is 6.04. The van der Waals surface area contributed by atoms with Crippen molar-refractivity contribution in [2.75, 3.05) is 0 Å². The van der Waals surface area contributed by atoms with E-state index in [0.29, 0.717) is 0 Å². The Morgan fingerprint density at radius 3 is 2.14 bits per heavy atom. The summed E-state index contributed by atoms with van der Waals surface area (Å²) < 4.78 is 0. The predicted octanol–water partition coefficient (Wildman–Crippen LogP) is 4.12. The molecular formula is C18H24O3. The molecule has 3 nitrogen and oxygen atoms in total. The number of rotatable bonds is 7. The van der Waals surface area contributed by atoms with Crippen molar-refractivity contribution in [2.45, 2.75) is 52.9 Å². The minimum Gasteiger partial charge on any atom is -0.504 e. The molecule has 1 N–H and O–H groups in total. The van der Waals surface area contributed by atoms with Gasteiger partial charge < -0.3 is 5.11 Å². The summed E-state index contributed by atoms with van der Waals surface area (Å²) in [5, 5.41) is 10.0. The lowest BCUT2D eigenvalue weighted by Gasteiger charge is -2.16. The van der Waals surface area contributed by atoms with E-state index in [2.05, 4.69) is 6.92 Å². The number of aliphatic hydroxyl groups excluding tert-OH is 1. The minimum atomic E-state index is -0.394. The van der Waals surface area contributed by atoms with Crippen LogP contribution in [0, 0.1) is 0 Å². The molecule has 1 rings (SSSR count). The number of aryl methyl sites for hydroxylation is 1. The third-order valence-corrected chi connectivity index (χ3v) is 3.67. The molecule has 1 aromatic carbocycles. The highest BCUT2D eigenvalue weighted by Crippen LogP contribution is 2.27. The summed E-state index contributed by atoms with van der Waals surface area (Å²) in [5.74, 6) is -1.35. The maximum Gasteiger partial charge on any atom is 0.197 e. The fourth-order valence-electron chi connectivity index (χ4n) is 2.42. The Kier molecular flexibility index (Phi) is 6.35. The van der Waals surface area contributed by atoms with Crippen LogP contribution in [-0.4, -0.2) is 16.7 Å². The topological polar surface area (TPSA) is 54.4 Å². The van der Waals surface area contributed by atoms with Crippen LogP contribution in [0.2, 0.25) is 0 Å². The third kappa shape index (κ3) is 4.28. The number of aliphatic hydroxyl groups is 1. The molecule has 3 heteroatoms. The van der Waals surface area contributed by atoms with Gasteiger partial charge in [0.2, 0.25) is 0 Å². The molecule has 0 radical (unpaired) electrons. The number of hydrogen-bond donors (Lipinski definition) is 1. The second-order valence-electron chi connectivity index (χ2n) is 5.31. The Hall–Kier alpha value is -1.90. The summed E-state index contributed by atoms with van der Waals surface area (Å²) in [4.78, 5) is 23.5. The molecular weight excluding hydrogens is 264 g/mol. The van der Waals surface area contributed by atoms with Crippen molar-refractivity contribution in [2.24, 2.45) is 0 Å². The van der Waals surface area contributed by atoms with Crippen LogP contribution in [-0.2, 0) is 16.0 Å². The van der Waals surface area contributed by atoms with Gasteiger partial charge in [-0.15, -0.1) is 0 Å². The van der Waals surface area contributed by atoms with Gasteiger partial charge in [0, 0.05) is 17.9 Å². The van der Waals surface area contributed by atoms with Crippen LogP contribution in [0.5, 0.6) is 0 Å². The van der Waals surface area contributed by atoms with Gasteiger partial charge in [0.15, 0.2) is 17.3 Å². The highest BCUT2D eigenvalue weighted by Gasteiger charge is 2.23. The molecule has 1 aromatic rings. The number of ketones is 2. The average Bonchev–Trinajstić information content (AvgIpc) is 2.47. The minimum absolute atomic E-state index is 0.185. The Morgan fingerprint density at radius 2 is 1.71 bits per heavy atom. The SMILES string of the molecule is CCCc1ccc(C(C)/C(C(C)=O)=C(/O)C(=O)CC)cc1. The lowest BCUT2D eigenvalue weighted by Crippen LogP contribution is -2.14. The van der Waals surface area contributed by atoms with Gasteiger partial charge in [-0.2, -0.15) is 0 Å². The van der Waals surface area contributed by atoms with Crippen molar-refractivity contribution in [3.8, 4) is 0 Å². The normalized spacial score (nSPS) is 13.5. The molecule has 0 aromatic heterocycles.